The average Bonchev–Trinajstić information content (AvgIpc) is 2.59. The lowest BCUT2D eigenvalue weighted by Crippen LogP contribution is -2.11. The van der Waals surface area contributed by atoms with E-state index in [1.54, 1.807) is 0 Å². The van der Waals surface area contributed by atoms with Gasteiger partial charge in [-0.3, -0.25) is 4.79 Å². The SMILES string of the molecule is CCCCc1ccc(NC(=O)c2ccc(C#CC(C)(C)C)cc2)cc1. The van der Waals surface area contributed by atoms with Crippen LogP contribution in [-0.4, -0.2) is 5.91 Å². The third-order valence-electron chi connectivity index (χ3n) is 3.76. The van der Waals surface area contributed by atoms with Crippen molar-refractivity contribution in [3.05, 3.63) is 65.2 Å². The quantitative estimate of drug-likeness (QED) is 0.701. The first-order valence-corrected chi connectivity index (χ1v) is 8.91. The molecular formula is C23H27NO. The zero-order chi connectivity index (χ0) is 18.3. The van der Waals surface area contributed by atoms with Crippen molar-refractivity contribution in [1.29, 1.82) is 0 Å². The number of aryl methyl sites for hydroxylation is 1. The first kappa shape index (κ1) is 18.8. The molecule has 0 saturated heterocycles. The number of carbonyl (C=O) groups excluding carboxylic acids is 1. The molecule has 0 spiro atoms. The molecule has 0 aliphatic rings. The number of hydrogen-bond acceptors (Lipinski definition) is 1. The lowest BCUT2D eigenvalue weighted by Gasteiger charge is -2.08. The maximum absolute atomic E-state index is 12.4. The van der Waals surface area contributed by atoms with Crippen molar-refractivity contribution < 1.29 is 4.79 Å². The van der Waals surface area contributed by atoms with E-state index in [4.69, 9.17) is 0 Å². The largest absolute Gasteiger partial charge is 0.322 e. The Morgan fingerprint density at radius 1 is 1.00 bits per heavy atom. The minimum absolute atomic E-state index is 0.0284. The Hall–Kier alpha value is -2.53. The van der Waals surface area contributed by atoms with Gasteiger partial charge in [0.15, 0.2) is 0 Å². The normalized spacial score (nSPS) is 10.7. The van der Waals surface area contributed by atoms with E-state index in [-0.39, 0.29) is 11.3 Å². The fourth-order valence-electron chi connectivity index (χ4n) is 2.30. The lowest BCUT2D eigenvalue weighted by molar-refractivity contribution is 0.102. The Morgan fingerprint density at radius 2 is 1.64 bits per heavy atom. The Morgan fingerprint density at radius 3 is 2.20 bits per heavy atom. The molecule has 2 aromatic rings. The van der Waals surface area contributed by atoms with E-state index in [0.717, 1.165) is 17.7 Å². The first-order valence-electron chi connectivity index (χ1n) is 8.91. The zero-order valence-electron chi connectivity index (χ0n) is 15.6. The molecule has 0 aliphatic carbocycles. The molecule has 0 aliphatic heterocycles. The lowest BCUT2D eigenvalue weighted by atomic mass is 9.97. The van der Waals surface area contributed by atoms with E-state index < -0.39 is 0 Å². The molecular weight excluding hydrogens is 306 g/mol. The van der Waals surface area contributed by atoms with Gasteiger partial charge in [-0.1, -0.05) is 37.3 Å². The maximum Gasteiger partial charge on any atom is 0.255 e. The van der Waals surface area contributed by atoms with Gasteiger partial charge >= 0.3 is 0 Å². The monoisotopic (exact) mass is 333 g/mol. The Labute approximate surface area is 151 Å². The summed E-state index contributed by atoms with van der Waals surface area (Å²) >= 11 is 0. The standard InChI is InChI=1S/C23H27NO/c1-5-6-7-18-10-14-21(15-11-18)24-22(25)20-12-8-19(9-13-20)16-17-23(2,3)4/h8-15H,5-7H2,1-4H3,(H,24,25). The van der Waals surface area contributed by atoms with Gasteiger partial charge < -0.3 is 5.32 Å². The van der Waals surface area contributed by atoms with Gasteiger partial charge in [-0.25, -0.2) is 0 Å². The van der Waals surface area contributed by atoms with Gasteiger partial charge in [-0.15, -0.1) is 0 Å². The highest BCUT2D eigenvalue weighted by Crippen LogP contribution is 2.14. The van der Waals surface area contributed by atoms with E-state index >= 15 is 0 Å². The summed E-state index contributed by atoms with van der Waals surface area (Å²) in [4.78, 5) is 12.4. The molecule has 0 bridgehead atoms. The molecule has 25 heavy (non-hydrogen) atoms. The van der Waals surface area contributed by atoms with Crippen LogP contribution in [0.5, 0.6) is 0 Å². The molecule has 1 amide bonds. The van der Waals surface area contributed by atoms with Crippen LogP contribution in [0.1, 0.15) is 62.0 Å². The summed E-state index contributed by atoms with van der Waals surface area (Å²) < 4.78 is 0. The highest BCUT2D eigenvalue weighted by molar-refractivity contribution is 6.04. The van der Waals surface area contributed by atoms with E-state index in [9.17, 15) is 4.79 Å². The highest BCUT2D eigenvalue weighted by atomic mass is 16.1. The van der Waals surface area contributed by atoms with Crippen molar-refractivity contribution in [2.24, 2.45) is 5.41 Å². The summed E-state index contributed by atoms with van der Waals surface area (Å²) in [5, 5.41) is 2.94. The van der Waals surface area contributed by atoms with Gasteiger partial charge in [0, 0.05) is 22.2 Å². The second-order valence-electron chi connectivity index (χ2n) is 7.33. The van der Waals surface area contributed by atoms with Gasteiger partial charge in [0.05, 0.1) is 0 Å². The van der Waals surface area contributed by atoms with Crippen LogP contribution in [0.15, 0.2) is 48.5 Å². The third kappa shape index (κ3) is 6.47. The second-order valence-corrected chi connectivity index (χ2v) is 7.33. The molecule has 2 rings (SSSR count). The van der Waals surface area contributed by atoms with Crippen molar-refractivity contribution in [2.75, 3.05) is 5.32 Å². The summed E-state index contributed by atoms with van der Waals surface area (Å²) in [7, 11) is 0. The number of rotatable bonds is 5. The van der Waals surface area contributed by atoms with Crippen LogP contribution < -0.4 is 5.32 Å². The van der Waals surface area contributed by atoms with Gasteiger partial charge in [-0.2, -0.15) is 0 Å². The summed E-state index contributed by atoms with van der Waals surface area (Å²) in [6.45, 7) is 8.43. The number of hydrogen-bond donors (Lipinski definition) is 1. The van der Waals surface area contributed by atoms with Crippen LogP contribution in [0.4, 0.5) is 5.69 Å². The fourth-order valence-corrected chi connectivity index (χ4v) is 2.30. The van der Waals surface area contributed by atoms with E-state index in [1.165, 1.54) is 18.4 Å². The molecule has 0 unspecified atom stereocenters. The van der Waals surface area contributed by atoms with Crippen molar-refractivity contribution in [1.82, 2.24) is 0 Å². The summed E-state index contributed by atoms with van der Waals surface area (Å²) in [6.07, 6.45) is 3.46. The molecule has 130 valence electrons. The minimum atomic E-state index is -0.100. The Balaban J connectivity index is 1.99. The van der Waals surface area contributed by atoms with Crippen molar-refractivity contribution >= 4 is 11.6 Å². The van der Waals surface area contributed by atoms with E-state index in [2.05, 4.69) is 57.0 Å². The predicted octanol–water partition coefficient (Wildman–Crippen LogP) is 5.68. The fraction of sp³-hybridized carbons (Fsp3) is 0.348. The van der Waals surface area contributed by atoms with Gasteiger partial charge in [0.2, 0.25) is 0 Å². The summed E-state index contributed by atoms with van der Waals surface area (Å²) in [5.74, 6) is 6.24. The van der Waals surface area contributed by atoms with Gasteiger partial charge in [-0.05, 0) is 75.6 Å². The van der Waals surface area contributed by atoms with Gasteiger partial charge in [0.1, 0.15) is 0 Å². The smallest absolute Gasteiger partial charge is 0.255 e. The number of amides is 1. The number of anilines is 1. The van der Waals surface area contributed by atoms with Crippen LogP contribution in [-0.2, 0) is 6.42 Å². The molecule has 0 radical (unpaired) electrons. The van der Waals surface area contributed by atoms with Crippen LogP contribution in [0, 0.1) is 17.3 Å². The summed E-state index contributed by atoms with van der Waals surface area (Å²) in [6, 6.07) is 15.5. The van der Waals surface area contributed by atoms with E-state index in [0.29, 0.717) is 5.56 Å². The number of unbranched alkanes of at least 4 members (excludes halogenated alkanes) is 1. The number of nitrogens with one attached hydrogen (secondary N) is 1. The molecule has 0 saturated carbocycles. The van der Waals surface area contributed by atoms with Crippen LogP contribution >= 0.6 is 0 Å². The predicted molar refractivity (Wildman–Crippen MR) is 106 cm³/mol. The van der Waals surface area contributed by atoms with Crippen molar-refractivity contribution in [3.8, 4) is 11.8 Å². The molecule has 2 heteroatoms. The molecule has 0 fully saturated rings. The van der Waals surface area contributed by atoms with Crippen LogP contribution in [0.25, 0.3) is 0 Å². The number of benzene rings is 2. The topological polar surface area (TPSA) is 29.1 Å². The maximum atomic E-state index is 12.4. The molecule has 1 N–H and O–H groups in total. The van der Waals surface area contributed by atoms with E-state index in [1.807, 2.05) is 36.4 Å². The average molecular weight is 333 g/mol. The Kier molecular flexibility index (Phi) is 6.42. The van der Waals surface area contributed by atoms with Gasteiger partial charge in [0.25, 0.3) is 5.91 Å². The molecule has 2 aromatic carbocycles. The highest BCUT2D eigenvalue weighted by Gasteiger charge is 2.07. The molecule has 0 heterocycles. The summed E-state index contributed by atoms with van der Waals surface area (Å²) in [5.41, 5.74) is 3.66. The number of carbonyl (C=O) groups is 1. The second kappa shape index (κ2) is 8.53. The Bertz CT molecular complexity index is 753. The first-order chi connectivity index (χ1) is 11.9. The minimum Gasteiger partial charge on any atom is -0.322 e. The molecule has 0 aromatic heterocycles. The molecule has 2 nitrogen and oxygen atoms in total. The third-order valence-corrected chi connectivity index (χ3v) is 3.76. The molecule has 0 atom stereocenters. The van der Waals surface area contributed by atoms with Crippen LogP contribution in [0.3, 0.4) is 0 Å². The zero-order valence-corrected chi connectivity index (χ0v) is 15.6. The van der Waals surface area contributed by atoms with Crippen molar-refractivity contribution in [2.45, 2.75) is 47.0 Å². The van der Waals surface area contributed by atoms with Crippen molar-refractivity contribution in [3.63, 3.8) is 0 Å². The van der Waals surface area contributed by atoms with Crippen LogP contribution in [0.2, 0.25) is 0 Å².